The standard InChI is InChI=1S/C22H17N9/c23-5-4-22(10-14(11-22)12-24)31-7-3-17(30-31)21-16-2-1-6-26-18(16)9-19(28-21)20-8-15(25)13-27-29-20/h1-3,6-9,13-14H,4,10-11H2,(H2,25,29)/t14-,22+. The quantitative estimate of drug-likeness (QED) is 0.543. The Labute approximate surface area is 177 Å². The first-order valence-electron chi connectivity index (χ1n) is 9.79. The van der Waals surface area contributed by atoms with Crippen molar-refractivity contribution in [2.45, 2.75) is 24.8 Å². The van der Waals surface area contributed by atoms with E-state index in [-0.39, 0.29) is 5.92 Å². The Morgan fingerprint density at radius 2 is 2.03 bits per heavy atom. The van der Waals surface area contributed by atoms with E-state index in [1.165, 1.54) is 6.20 Å². The topological polar surface area (TPSA) is 143 Å². The maximum absolute atomic E-state index is 9.32. The van der Waals surface area contributed by atoms with E-state index in [1.807, 2.05) is 35.1 Å². The summed E-state index contributed by atoms with van der Waals surface area (Å²) in [5.41, 5.74) is 9.13. The van der Waals surface area contributed by atoms with Crippen molar-refractivity contribution in [2.75, 3.05) is 5.73 Å². The molecule has 0 amide bonds. The lowest BCUT2D eigenvalue weighted by Gasteiger charge is -2.43. The minimum Gasteiger partial charge on any atom is -0.397 e. The molecule has 0 aliphatic heterocycles. The molecule has 5 rings (SSSR count). The number of nitrogens with zero attached hydrogens (tertiary/aromatic N) is 8. The molecule has 0 aromatic carbocycles. The highest BCUT2D eigenvalue weighted by Gasteiger charge is 2.46. The van der Waals surface area contributed by atoms with Crippen LogP contribution in [0.4, 0.5) is 5.69 Å². The number of pyridine rings is 2. The average Bonchev–Trinajstić information content (AvgIpc) is 3.25. The lowest BCUT2D eigenvalue weighted by atomic mass is 9.67. The van der Waals surface area contributed by atoms with Gasteiger partial charge in [0, 0.05) is 17.8 Å². The molecule has 4 aromatic heterocycles. The first kappa shape index (κ1) is 18.6. The van der Waals surface area contributed by atoms with Crippen LogP contribution in [0.15, 0.2) is 48.9 Å². The summed E-state index contributed by atoms with van der Waals surface area (Å²) in [5, 5.41) is 32.2. The molecule has 0 bridgehead atoms. The van der Waals surface area contributed by atoms with Gasteiger partial charge in [0.25, 0.3) is 0 Å². The maximum atomic E-state index is 9.32. The van der Waals surface area contributed by atoms with E-state index in [0.717, 1.165) is 10.9 Å². The highest BCUT2D eigenvalue weighted by molar-refractivity contribution is 5.93. The van der Waals surface area contributed by atoms with Gasteiger partial charge in [-0.05, 0) is 43.2 Å². The molecule has 0 atom stereocenters. The number of nitrogens with two attached hydrogens (primary N) is 1. The number of fused-ring (bicyclic) bond motifs is 1. The van der Waals surface area contributed by atoms with Crippen molar-refractivity contribution in [3.8, 4) is 34.9 Å². The van der Waals surface area contributed by atoms with Crippen LogP contribution in [0, 0.1) is 28.6 Å². The number of nitrogen functional groups attached to an aromatic ring is 1. The first-order chi connectivity index (χ1) is 15.1. The molecule has 0 saturated heterocycles. The van der Waals surface area contributed by atoms with Gasteiger partial charge in [0.1, 0.15) is 17.1 Å². The van der Waals surface area contributed by atoms with Crippen molar-refractivity contribution in [1.82, 2.24) is 29.9 Å². The van der Waals surface area contributed by atoms with Crippen LogP contribution in [0.3, 0.4) is 0 Å². The van der Waals surface area contributed by atoms with E-state index >= 15 is 0 Å². The molecule has 0 radical (unpaired) electrons. The molecular weight excluding hydrogens is 390 g/mol. The summed E-state index contributed by atoms with van der Waals surface area (Å²) in [6, 6.07) is 13.8. The average molecular weight is 407 g/mol. The minimum atomic E-state index is -0.446. The zero-order valence-corrected chi connectivity index (χ0v) is 16.5. The van der Waals surface area contributed by atoms with Crippen LogP contribution >= 0.6 is 0 Å². The van der Waals surface area contributed by atoms with Gasteiger partial charge in [-0.2, -0.15) is 20.7 Å². The second kappa shape index (κ2) is 7.15. The smallest absolute Gasteiger partial charge is 0.113 e. The van der Waals surface area contributed by atoms with Crippen molar-refractivity contribution >= 4 is 16.6 Å². The summed E-state index contributed by atoms with van der Waals surface area (Å²) in [6.07, 6.45) is 6.60. The SMILES string of the molecule is N#CC[C@]1(n2ccc(-c3nc(-c4cc(N)cnn4)cc4ncccc34)n2)C[C@@H](C#N)C1. The van der Waals surface area contributed by atoms with Crippen molar-refractivity contribution in [1.29, 1.82) is 10.5 Å². The van der Waals surface area contributed by atoms with Crippen LogP contribution in [-0.4, -0.2) is 29.9 Å². The monoisotopic (exact) mass is 407 g/mol. The van der Waals surface area contributed by atoms with Crippen LogP contribution in [0.1, 0.15) is 19.3 Å². The van der Waals surface area contributed by atoms with Gasteiger partial charge in [-0.15, -0.1) is 5.10 Å². The van der Waals surface area contributed by atoms with E-state index in [1.54, 1.807) is 12.3 Å². The Balaban J connectivity index is 1.63. The van der Waals surface area contributed by atoms with Gasteiger partial charge in [0.05, 0.1) is 53.1 Å². The largest absolute Gasteiger partial charge is 0.397 e. The van der Waals surface area contributed by atoms with Crippen molar-refractivity contribution in [2.24, 2.45) is 5.92 Å². The van der Waals surface area contributed by atoms with Gasteiger partial charge in [0.2, 0.25) is 0 Å². The molecule has 9 heteroatoms. The van der Waals surface area contributed by atoms with Gasteiger partial charge in [-0.25, -0.2) is 4.98 Å². The zero-order valence-electron chi connectivity index (χ0n) is 16.5. The summed E-state index contributed by atoms with van der Waals surface area (Å²) < 4.78 is 1.82. The van der Waals surface area contributed by atoms with Crippen LogP contribution in [0.5, 0.6) is 0 Å². The van der Waals surface area contributed by atoms with Gasteiger partial charge in [-0.1, -0.05) is 0 Å². The Kier molecular flexibility index (Phi) is 4.30. The number of anilines is 1. The molecule has 1 saturated carbocycles. The molecule has 0 unspecified atom stereocenters. The number of hydrogen-bond donors (Lipinski definition) is 1. The van der Waals surface area contributed by atoms with Crippen LogP contribution in [0.2, 0.25) is 0 Å². The number of rotatable bonds is 4. The number of hydrogen-bond acceptors (Lipinski definition) is 8. The number of aromatic nitrogens is 6. The highest BCUT2D eigenvalue weighted by Crippen LogP contribution is 2.46. The predicted octanol–water partition coefficient (Wildman–Crippen LogP) is 3.08. The summed E-state index contributed by atoms with van der Waals surface area (Å²) in [5.74, 6) is -0.0467. The molecule has 2 N–H and O–H groups in total. The third kappa shape index (κ3) is 3.13. The molecule has 4 aromatic rings. The van der Waals surface area contributed by atoms with Gasteiger partial charge in [0.15, 0.2) is 0 Å². The molecule has 4 heterocycles. The Bertz CT molecular complexity index is 1370. The highest BCUT2D eigenvalue weighted by atomic mass is 15.3. The molecule has 150 valence electrons. The molecule has 1 aliphatic rings. The second-order valence-electron chi connectivity index (χ2n) is 7.74. The third-order valence-electron chi connectivity index (χ3n) is 5.70. The van der Waals surface area contributed by atoms with Crippen molar-refractivity contribution < 1.29 is 0 Å². The van der Waals surface area contributed by atoms with Crippen LogP contribution in [-0.2, 0) is 5.54 Å². The summed E-state index contributed by atoms with van der Waals surface area (Å²) in [7, 11) is 0. The lowest BCUT2D eigenvalue weighted by Crippen LogP contribution is -2.46. The lowest BCUT2D eigenvalue weighted by molar-refractivity contribution is 0.0884. The van der Waals surface area contributed by atoms with E-state index in [0.29, 0.717) is 47.7 Å². The fourth-order valence-corrected chi connectivity index (χ4v) is 4.13. The fraction of sp³-hybridized carbons (Fsp3) is 0.227. The molecule has 31 heavy (non-hydrogen) atoms. The van der Waals surface area contributed by atoms with Crippen molar-refractivity contribution in [3.05, 3.63) is 48.9 Å². The normalized spacial score (nSPS) is 20.0. The van der Waals surface area contributed by atoms with Crippen LogP contribution in [0.25, 0.3) is 33.7 Å². The van der Waals surface area contributed by atoms with Gasteiger partial charge in [-0.3, -0.25) is 9.67 Å². The van der Waals surface area contributed by atoms with Crippen molar-refractivity contribution in [3.63, 3.8) is 0 Å². The summed E-state index contributed by atoms with van der Waals surface area (Å²) in [4.78, 5) is 9.28. The van der Waals surface area contributed by atoms with E-state index < -0.39 is 5.54 Å². The molecule has 1 fully saturated rings. The van der Waals surface area contributed by atoms with E-state index in [2.05, 4.69) is 27.3 Å². The molecule has 0 spiro atoms. The summed E-state index contributed by atoms with van der Waals surface area (Å²) in [6.45, 7) is 0. The minimum absolute atomic E-state index is 0.0467. The first-order valence-corrected chi connectivity index (χ1v) is 9.79. The number of nitriles is 2. The van der Waals surface area contributed by atoms with Gasteiger partial charge < -0.3 is 5.73 Å². The van der Waals surface area contributed by atoms with E-state index in [4.69, 9.17) is 15.8 Å². The second-order valence-corrected chi connectivity index (χ2v) is 7.74. The Morgan fingerprint density at radius 1 is 1.16 bits per heavy atom. The maximum Gasteiger partial charge on any atom is 0.113 e. The molecule has 1 aliphatic carbocycles. The Morgan fingerprint density at radius 3 is 2.81 bits per heavy atom. The third-order valence-corrected chi connectivity index (χ3v) is 5.70. The molecular formula is C22H17N9. The predicted molar refractivity (Wildman–Crippen MR) is 113 cm³/mol. The molecule has 9 nitrogen and oxygen atoms in total. The zero-order chi connectivity index (χ0) is 21.4. The van der Waals surface area contributed by atoms with Gasteiger partial charge >= 0.3 is 0 Å². The Hall–Kier alpha value is -4.37. The fourth-order valence-electron chi connectivity index (χ4n) is 4.13. The van der Waals surface area contributed by atoms with E-state index in [9.17, 15) is 10.5 Å². The van der Waals surface area contributed by atoms with Crippen LogP contribution < -0.4 is 5.73 Å². The summed E-state index contributed by atoms with van der Waals surface area (Å²) >= 11 is 0.